The number of phenols is 1. The average Bonchev–Trinajstić information content (AvgIpc) is 2.35. The number of benzene rings is 1. The monoisotopic (exact) mass is 252 g/mol. The van der Waals surface area contributed by atoms with Crippen LogP contribution in [0.3, 0.4) is 0 Å². The van der Waals surface area contributed by atoms with Crippen molar-refractivity contribution in [1.29, 1.82) is 0 Å². The van der Waals surface area contributed by atoms with Crippen LogP contribution in [0, 0.1) is 5.82 Å². The van der Waals surface area contributed by atoms with Crippen molar-refractivity contribution in [2.45, 2.75) is 25.9 Å². The minimum atomic E-state index is -0.295. The zero-order chi connectivity index (χ0) is 13.3. The maximum absolute atomic E-state index is 13.3. The van der Waals surface area contributed by atoms with Gasteiger partial charge in [-0.05, 0) is 39.1 Å². The molecule has 0 radical (unpaired) electrons. The predicted molar refractivity (Wildman–Crippen MR) is 70.1 cm³/mol. The van der Waals surface area contributed by atoms with Crippen LogP contribution in [0.1, 0.15) is 25.5 Å². The van der Waals surface area contributed by atoms with Crippen LogP contribution >= 0.6 is 0 Å². The molecule has 1 fully saturated rings. The summed E-state index contributed by atoms with van der Waals surface area (Å²) in [6.07, 6.45) is 0. The van der Waals surface area contributed by atoms with Crippen molar-refractivity contribution in [3.05, 3.63) is 29.6 Å². The van der Waals surface area contributed by atoms with Crippen LogP contribution in [0.15, 0.2) is 18.2 Å². The lowest BCUT2D eigenvalue weighted by Crippen LogP contribution is -2.50. The Bertz CT molecular complexity index is 424. The number of likely N-dealkylation sites (N-methyl/N-ethyl adjacent to an activating group) is 1. The van der Waals surface area contributed by atoms with Crippen molar-refractivity contribution >= 4 is 0 Å². The van der Waals surface area contributed by atoms with E-state index in [2.05, 4.69) is 23.8 Å². The van der Waals surface area contributed by atoms with Crippen LogP contribution in [0.4, 0.5) is 4.39 Å². The molecule has 0 amide bonds. The zero-order valence-corrected chi connectivity index (χ0v) is 11.2. The summed E-state index contributed by atoms with van der Waals surface area (Å²) in [7, 11) is 2.12. The number of hydrogen-bond acceptors (Lipinski definition) is 3. The lowest BCUT2D eigenvalue weighted by molar-refractivity contribution is 0.0765. The molecule has 0 aromatic heterocycles. The van der Waals surface area contributed by atoms with E-state index in [0.717, 1.165) is 19.6 Å². The third-order valence-corrected chi connectivity index (χ3v) is 3.98. The summed E-state index contributed by atoms with van der Waals surface area (Å²) in [5.41, 5.74) is 0.673. The molecule has 1 aliphatic rings. The fourth-order valence-corrected chi connectivity index (χ4v) is 2.49. The minimum absolute atomic E-state index is 0.0387. The van der Waals surface area contributed by atoms with Gasteiger partial charge in [0.15, 0.2) is 0 Å². The molecule has 3 nitrogen and oxygen atoms in total. The molecule has 0 bridgehead atoms. The van der Waals surface area contributed by atoms with Gasteiger partial charge in [-0.3, -0.25) is 4.90 Å². The van der Waals surface area contributed by atoms with Crippen molar-refractivity contribution in [3.63, 3.8) is 0 Å². The SMILES string of the molecule is CC1CN(C(C)c2cc(F)ccc2O)CCN1C. The molecule has 4 heteroatoms. The molecule has 1 saturated heterocycles. The van der Waals surface area contributed by atoms with Crippen molar-refractivity contribution in [3.8, 4) is 5.75 Å². The average molecular weight is 252 g/mol. The van der Waals surface area contributed by atoms with Crippen LogP contribution in [0.5, 0.6) is 5.75 Å². The number of hydrogen-bond donors (Lipinski definition) is 1. The highest BCUT2D eigenvalue weighted by Crippen LogP contribution is 2.30. The van der Waals surface area contributed by atoms with E-state index < -0.39 is 0 Å². The molecule has 1 aliphatic heterocycles. The third-order valence-electron chi connectivity index (χ3n) is 3.98. The Morgan fingerprint density at radius 2 is 2.11 bits per heavy atom. The van der Waals surface area contributed by atoms with E-state index in [4.69, 9.17) is 0 Å². The van der Waals surface area contributed by atoms with Crippen LogP contribution in [0.2, 0.25) is 0 Å². The number of nitrogens with zero attached hydrogens (tertiary/aromatic N) is 2. The first kappa shape index (κ1) is 13.3. The summed E-state index contributed by atoms with van der Waals surface area (Å²) in [6.45, 7) is 7.09. The van der Waals surface area contributed by atoms with Crippen LogP contribution < -0.4 is 0 Å². The summed E-state index contributed by atoms with van der Waals surface area (Å²) in [4.78, 5) is 4.60. The molecule has 2 rings (SSSR count). The van der Waals surface area contributed by atoms with Gasteiger partial charge in [0.05, 0.1) is 0 Å². The van der Waals surface area contributed by atoms with Gasteiger partial charge in [-0.25, -0.2) is 4.39 Å². The van der Waals surface area contributed by atoms with E-state index in [1.165, 1.54) is 18.2 Å². The maximum atomic E-state index is 13.3. The van der Waals surface area contributed by atoms with Gasteiger partial charge >= 0.3 is 0 Å². The highest BCUT2D eigenvalue weighted by molar-refractivity contribution is 5.35. The predicted octanol–water partition coefficient (Wildman–Crippen LogP) is 2.23. The van der Waals surface area contributed by atoms with Gasteiger partial charge in [-0.1, -0.05) is 0 Å². The lowest BCUT2D eigenvalue weighted by atomic mass is 10.0. The number of halogens is 1. The number of piperazine rings is 1. The summed E-state index contributed by atoms with van der Waals surface area (Å²) in [5, 5.41) is 9.85. The Balaban J connectivity index is 2.16. The third kappa shape index (κ3) is 2.65. The van der Waals surface area contributed by atoms with E-state index in [1.807, 2.05) is 6.92 Å². The van der Waals surface area contributed by atoms with Gasteiger partial charge in [0.1, 0.15) is 11.6 Å². The first-order chi connectivity index (χ1) is 8.49. The Hall–Kier alpha value is -1.13. The standard InChI is InChI=1S/C14H21FN2O/c1-10-9-17(7-6-16(10)3)11(2)13-8-12(15)4-5-14(13)18/h4-5,8,10-11,18H,6-7,9H2,1-3H3. The molecule has 0 saturated carbocycles. The highest BCUT2D eigenvalue weighted by Gasteiger charge is 2.26. The number of aromatic hydroxyl groups is 1. The smallest absolute Gasteiger partial charge is 0.123 e. The quantitative estimate of drug-likeness (QED) is 0.874. The Labute approximate surface area is 108 Å². The normalized spacial score (nSPS) is 24.1. The van der Waals surface area contributed by atoms with Gasteiger partial charge in [0.2, 0.25) is 0 Å². The van der Waals surface area contributed by atoms with Gasteiger partial charge in [0.25, 0.3) is 0 Å². The van der Waals surface area contributed by atoms with Gasteiger partial charge in [-0.15, -0.1) is 0 Å². The number of rotatable bonds is 2. The molecule has 1 N–H and O–H groups in total. The first-order valence-electron chi connectivity index (χ1n) is 6.41. The van der Waals surface area contributed by atoms with Crippen LogP contribution in [-0.4, -0.2) is 47.6 Å². The molecular weight excluding hydrogens is 231 g/mol. The van der Waals surface area contributed by atoms with Crippen molar-refractivity contribution < 1.29 is 9.50 Å². The molecule has 2 atom stereocenters. The summed E-state index contributed by atoms with van der Waals surface area (Å²) in [5.74, 6) is -0.118. The summed E-state index contributed by atoms with van der Waals surface area (Å²) < 4.78 is 13.3. The van der Waals surface area contributed by atoms with E-state index in [-0.39, 0.29) is 17.6 Å². The fraction of sp³-hybridized carbons (Fsp3) is 0.571. The molecule has 0 aliphatic carbocycles. The van der Waals surface area contributed by atoms with E-state index in [9.17, 15) is 9.50 Å². The van der Waals surface area contributed by atoms with Crippen LogP contribution in [0.25, 0.3) is 0 Å². The van der Waals surface area contributed by atoms with E-state index in [1.54, 1.807) is 0 Å². The second kappa shape index (κ2) is 5.24. The largest absolute Gasteiger partial charge is 0.508 e. The maximum Gasteiger partial charge on any atom is 0.123 e. The molecule has 1 heterocycles. The van der Waals surface area contributed by atoms with Crippen molar-refractivity contribution in [2.75, 3.05) is 26.7 Å². The molecule has 18 heavy (non-hydrogen) atoms. The second-order valence-corrected chi connectivity index (χ2v) is 5.20. The van der Waals surface area contributed by atoms with Crippen LogP contribution in [-0.2, 0) is 0 Å². The van der Waals surface area contributed by atoms with Gasteiger partial charge < -0.3 is 10.0 Å². The Morgan fingerprint density at radius 3 is 2.78 bits per heavy atom. The van der Waals surface area contributed by atoms with Gasteiger partial charge in [0, 0.05) is 37.3 Å². The minimum Gasteiger partial charge on any atom is -0.508 e. The highest BCUT2D eigenvalue weighted by atomic mass is 19.1. The molecular formula is C14H21FN2O. The number of phenolic OH excluding ortho intramolecular Hbond substituents is 1. The first-order valence-corrected chi connectivity index (χ1v) is 6.41. The Kier molecular flexibility index (Phi) is 3.88. The van der Waals surface area contributed by atoms with E-state index in [0.29, 0.717) is 11.6 Å². The summed E-state index contributed by atoms with van der Waals surface area (Å²) >= 11 is 0. The summed E-state index contributed by atoms with van der Waals surface area (Å²) in [6, 6.07) is 4.68. The second-order valence-electron chi connectivity index (χ2n) is 5.20. The molecule has 100 valence electrons. The zero-order valence-electron chi connectivity index (χ0n) is 11.2. The van der Waals surface area contributed by atoms with Crippen molar-refractivity contribution in [1.82, 2.24) is 9.80 Å². The molecule has 0 spiro atoms. The van der Waals surface area contributed by atoms with Gasteiger partial charge in [-0.2, -0.15) is 0 Å². The Morgan fingerprint density at radius 1 is 1.39 bits per heavy atom. The topological polar surface area (TPSA) is 26.7 Å². The molecule has 2 unspecified atom stereocenters. The fourth-order valence-electron chi connectivity index (χ4n) is 2.49. The molecule has 1 aromatic carbocycles. The molecule has 1 aromatic rings. The lowest BCUT2D eigenvalue weighted by Gasteiger charge is -2.41. The van der Waals surface area contributed by atoms with Crippen molar-refractivity contribution in [2.24, 2.45) is 0 Å². The van der Waals surface area contributed by atoms with E-state index >= 15 is 0 Å².